The summed E-state index contributed by atoms with van der Waals surface area (Å²) in [5, 5.41) is 7.06. The quantitative estimate of drug-likeness (QED) is 0.509. The van der Waals surface area contributed by atoms with Gasteiger partial charge >= 0.3 is 6.18 Å². The molecule has 116 valence electrons. The molecule has 0 radical (unpaired) electrons. The third-order valence-electron chi connectivity index (χ3n) is 2.70. The maximum absolute atomic E-state index is 12.7. The molecule has 0 unspecified atom stereocenters. The zero-order valence-electron chi connectivity index (χ0n) is 11.3. The lowest BCUT2D eigenvalue weighted by Crippen LogP contribution is -2.21. The lowest BCUT2D eigenvalue weighted by molar-refractivity contribution is -0.137. The largest absolute Gasteiger partial charge is 0.416 e. The second kappa shape index (κ2) is 6.29. The number of halogens is 3. The first-order chi connectivity index (χ1) is 10.4. The minimum absolute atomic E-state index is 0.202. The highest BCUT2D eigenvalue weighted by molar-refractivity contribution is 5.78. The van der Waals surface area contributed by atoms with Crippen LogP contribution in [0.3, 0.4) is 0 Å². The van der Waals surface area contributed by atoms with Crippen LogP contribution >= 0.6 is 0 Å². The van der Waals surface area contributed by atoms with Gasteiger partial charge in [-0.2, -0.15) is 18.3 Å². The van der Waals surface area contributed by atoms with Crippen molar-refractivity contribution in [2.24, 2.45) is 21.7 Å². The number of hydrogen-bond acceptors (Lipinski definition) is 3. The fourth-order valence-electron chi connectivity index (χ4n) is 1.77. The Morgan fingerprint density at radius 2 is 2.09 bits per heavy atom. The minimum atomic E-state index is -4.37. The summed E-state index contributed by atoms with van der Waals surface area (Å²) in [6, 6.07) is 5.09. The van der Waals surface area contributed by atoms with Crippen molar-refractivity contribution in [2.45, 2.75) is 12.7 Å². The Morgan fingerprint density at radius 3 is 2.77 bits per heavy atom. The zero-order chi connectivity index (χ0) is 16.2. The standard InChI is InChI=1S/C13H13F3N6/c14-13(15,16)10-3-1-2-9(6-10)8-22-5-4-19-11(22)7-20-21-12(17)18/h1-7H,8H2,(H4,17,18,21)/b20-7+. The first-order valence-electron chi connectivity index (χ1n) is 6.15. The SMILES string of the molecule is NC(N)=N/N=C/c1nccn1Cc1cccc(C(F)(F)F)c1. The molecule has 22 heavy (non-hydrogen) atoms. The molecule has 0 aliphatic heterocycles. The predicted octanol–water partition coefficient (Wildman–Crippen LogP) is 1.56. The van der Waals surface area contributed by atoms with E-state index in [1.165, 1.54) is 18.5 Å². The van der Waals surface area contributed by atoms with Gasteiger partial charge < -0.3 is 16.0 Å². The van der Waals surface area contributed by atoms with Crippen LogP contribution in [-0.4, -0.2) is 21.7 Å². The van der Waals surface area contributed by atoms with Gasteiger partial charge in [0.1, 0.15) is 0 Å². The van der Waals surface area contributed by atoms with E-state index in [2.05, 4.69) is 15.2 Å². The van der Waals surface area contributed by atoms with Crippen LogP contribution in [0.15, 0.2) is 46.9 Å². The Hall–Kier alpha value is -2.84. The summed E-state index contributed by atoms with van der Waals surface area (Å²) >= 11 is 0. The fraction of sp³-hybridized carbons (Fsp3) is 0.154. The predicted molar refractivity (Wildman–Crippen MR) is 76.2 cm³/mol. The molecule has 0 bridgehead atoms. The molecule has 0 amide bonds. The van der Waals surface area contributed by atoms with Crippen LogP contribution in [0.25, 0.3) is 0 Å². The van der Waals surface area contributed by atoms with Crippen molar-refractivity contribution in [2.75, 3.05) is 0 Å². The summed E-state index contributed by atoms with van der Waals surface area (Å²) < 4.78 is 39.7. The average molecular weight is 310 g/mol. The monoisotopic (exact) mass is 310 g/mol. The van der Waals surface area contributed by atoms with Crippen molar-refractivity contribution < 1.29 is 13.2 Å². The number of alkyl halides is 3. The van der Waals surface area contributed by atoms with Gasteiger partial charge in [-0.1, -0.05) is 12.1 Å². The molecule has 6 nitrogen and oxygen atoms in total. The number of imidazole rings is 1. The summed E-state index contributed by atoms with van der Waals surface area (Å²) in [5.41, 5.74) is 10.1. The van der Waals surface area contributed by atoms with E-state index < -0.39 is 11.7 Å². The van der Waals surface area contributed by atoms with E-state index in [0.29, 0.717) is 11.4 Å². The molecule has 0 fully saturated rings. The summed E-state index contributed by atoms with van der Waals surface area (Å²) in [5.74, 6) is 0.217. The van der Waals surface area contributed by atoms with Gasteiger partial charge in [0.15, 0.2) is 5.82 Å². The highest BCUT2D eigenvalue weighted by Gasteiger charge is 2.30. The number of rotatable bonds is 4. The molecule has 0 spiro atoms. The van der Waals surface area contributed by atoms with Gasteiger partial charge in [0, 0.05) is 18.9 Å². The summed E-state index contributed by atoms with van der Waals surface area (Å²) in [6.07, 6.45) is 0.0670. The number of guanidine groups is 1. The molecule has 1 aromatic heterocycles. The van der Waals surface area contributed by atoms with Gasteiger partial charge in [-0.05, 0) is 17.7 Å². The third-order valence-corrected chi connectivity index (χ3v) is 2.70. The minimum Gasteiger partial charge on any atom is -0.369 e. The van der Waals surface area contributed by atoms with Crippen molar-refractivity contribution in [1.29, 1.82) is 0 Å². The van der Waals surface area contributed by atoms with Crippen LogP contribution in [0.5, 0.6) is 0 Å². The topological polar surface area (TPSA) is 94.6 Å². The second-order valence-electron chi connectivity index (χ2n) is 4.38. The molecule has 0 saturated carbocycles. The molecule has 2 rings (SSSR count). The number of aromatic nitrogens is 2. The smallest absolute Gasteiger partial charge is 0.369 e. The van der Waals surface area contributed by atoms with Gasteiger partial charge in [0.2, 0.25) is 5.96 Å². The molecule has 0 aliphatic carbocycles. The molecule has 0 saturated heterocycles. The van der Waals surface area contributed by atoms with Gasteiger partial charge in [-0.25, -0.2) is 4.98 Å². The summed E-state index contributed by atoms with van der Waals surface area (Å²) in [4.78, 5) is 4.02. The number of hydrogen-bond donors (Lipinski definition) is 2. The van der Waals surface area contributed by atoms with E-state index in [1.807, 2.05) is 0 Å². The van der Waals surface area contributed by atoms with E-state index >= 15 is 0 Å². The van der Waals surface area contributed by atoms with E-state index in [9.17, 15) is 13.2 Å². The molecular weight excluding hydrogens is 297 g/mol. The van der Waals surface area contributed by atoms with Crippen molar-refractivity contribution in [3.05, 3.63) is 53.6 Å². The maximum Gasteiger partial charge on any atom is 0.416 e. The Kier molecular flexibility index (Phi) is 4.44. The molecule has 1 heterocycles. The lowest BCUT2D eigenvalue weighted by atomic mass is 10.1. The Labute approximate surface area is 124 Å². The first kappa shape index (κ1) is 15.5. The normalized spacial score (nSPS) is 11.8. The van der Waals surface area contributed by atoms with Crippen LogP contribution < -0.4 is 11.5 Å². The van der Waals surface area contributed by atoms with E-state index in [4.69, 9.17) is 11.5 Å². The molecule has 2 aromatic rings. The highest BCUT2D eigenvalue weighted by atomic mass is 19.4. The van der Waals surface area contributed by atoms with Gasteiger partial charge in [0.05, 0.1) is 11.8 Å². The Morgan fingerprint density at radius 1 is 1.32 bits per heavy atom. The van der Waals surface area contributed by atoms with Crippen LogP contribution in [0.1, 0.15) is 17.0 Å². The molecular formula is C13H13F3N6. The van der Waals surface area contributed by atoms with Crippen LogP contribution in [-0.2, 0) is 12.7 Å². The number of benzene rings is 1. The Bertz CT molecular complexity index is 698. The van der Waals surface area contributed by atoms with Crippen molar-refractivity contribution >= 4 is 12.2 Å². The highest BCUT2D eigenvalue weighted by Crippen LogP contribution is 2.29. The zero-order valence-corrected chi connectivity index (χ0v) is 11.3. The van der Waals surface area contributed by atoms with Crippen LogP contribution in [0.2, 0.25) is 0 Å². The van der Waals surface area contributed by atoms with E-state index in [0.717, 1.165) is 12.1 Å². The van der Waals surface area contributed by atoms with E-state index in [-0.39, 0.29) is 12.5 Å². The lowest BCUT2D eigenvalue weighted by Gasteiger charge is -2.09. The van der Waals surface area contributed by atoms with Crippen molar-refractivity contribution in [3.8, 4) is 0 Å². The van der Waals surface area contributed by atoms with Crippen molar-refractivity contribution in [1.82, 2.24) is 9.55 Å². The van der Waals surface area contributed by atoms with Crippen molar-refractivity contribution in [3.63, 3.8) is 0 Å². The first-order valence-corrected chi connectivity index (χ1v) is 6.15. The van der Waals surface area contributed by atoms with Crippen LogP contribution in [0.4, 0.5) is 13.2 Å². The number of nitrogens with zero attached hydrogens (tertiary/aromatic N) is 4. The van der Waals surface area contributed by atoms with Gasteiger partial charge in [-0.3, -0.25) is 0 Å². The van der Waals surface area contributed by atoms with E-state index in [1.54, 1.807) is 16.8 Å². The second-order valence-corrected chi connectivity index (χ2v) is 4.38. The molecule has 0 atom stereocenters. The number of nitrogens with two attached hydrogens (primary N) is 2. The Balaban J connectivity index is 2.20. The fourth-order valence-corrected chi connectivity index (χ4v) is 1.77. The summed E-state index contributed by atoms with van der Waals surface area (Å²) in [6.45, 7) is 0.215. The van der Waals surface area contributed by atoms with Crippen LogP contribution in [0, 0.1) is 0 Å². The summed E-state index contributed by atoms with van der Waals surface area (Å²) in [7, 11) is 0. The molecule has 9 heteroatoms. The molecule has 0 aliphatic rings. The third kappa shape index (κ3) is 4.08. The maximum atomic E-state index is 12.7. The van der Waals surface area contributed by atoms with Gasteiger partial charge in [0.25, 0.3) is 0 Å². The average Bonchev–Trinajstić information content (AvgIpc) is 2.85. The van der Waals surface area contributed by atoms with Gasteiger partial charge in [-0.15, -0.1) is 5.10 Å². The molecule has 1 aromatic carbocycles. The molecule has 4 N–H and O–H groups in total.